The first-order valence-electron chi connectivity index (χ1n) is 15.0. The first-order chi connectivity index (χ1) is 21.8. The fourth-order valence-corrected chi connectivity index (χ4v) is 11.5. The summed E-state index contributed by atoms with van der Waals surface area (Å²) >= 11 is 6.48. The van der Waals surface area contributed by atoms with Gasteiger partial charge in [-0.25, -0.2) is 0 Å². The molecule has 2 saturated heterocycles. The van der Waals surface area contributed by atoms with E-state index in [2.05, 4.69) is 20.9 Å². The lowest BCUT2D eigenvalue weighted by atomic mass is 9.68. The van der Waals surface area contributed by atoms with Crippen molar-refractivity contribution in [3.8, 4) is 11.5 Å². The highest BCUT2D eigenvalue weighted by atomic mass is 79.9. The van der Waals surface area contributed by atoms with Gasteiger partial charge in [-0.05, 0) is 66.6 Å². The predicted molar refractivity (Wildman–Crippen MR) is 171 cm³/mol. The zero-order valence-corrected chi connectivity index (χ0v) is 27.5. The highest BCUT2D eigenvalue weighted by molar-refractivity contribution is 9.10. The molecular formula is C32H30BrN3O7S2. The van der Waals surface area contributed by atoms with Gasteiger partial charge in [0.25, 0.3) is 5.91 Å². The highest BCUT2D eigenvalue weighted by Gasteiger charge is 2.69. The number of nitrogens with one attached hydrogen (secondary N) is 1. The van der Waals surface area contributed by atoms with E-state index < -0.39 is 11.8 Å². The smallest absolute Gasteiger partial charge is 0.305 e. The number of ether oxygens (including phenoxy) is 3. The molecule has 0 radical (unpaired) electrons. The van der Waals surface area contributed by atoms with Crippen molar-refractivity contribution in [3.05, 3.63) is 67.0 Å². The first kappa shape index (κ1) is 29.3. The second-order valence-corrected chi connectivity index (χ2v) is 15.3. The largest absolute Gasteiger partial charge is 0.497 e. The van der Waals surface area contributed by atoms with E-state index in [1.807, 2.05) is 18.2 Å². The summed E-state index contributed by atoms with van der Waals surface area (Å²) in [5.41, 5.74) is 1.43. The molecule has 8 rings (SSSR count). The maximum Gasteiger partial charge on any atom is 0.305 e. The van der Waals surface area contributed by atoms with Crippen LogP contribution in [0.1, 0.15) is 22.8 Å². The lowest BCUT2D eigenvalue weighted by Gasteiger charge is -2.43. The molecule has 234 valence electrons. The van der Waals surface area contributed by atoms with E-state index in [4.69, 9.17) is 14.2 Å². The normalized spacial score (nSPS) is 29.9. The molecule has 2 aliphatic carbocycles. The Labute approximate surface area is 275 Å². The second kappa shape index (κ2) is 11.3. The third kappa shape index (κ3) is 4.68. The van der Waals surface area contributed by atoms with E-state index in [1.54, 1.807) is 48.0 Å². The molecule has 2 bridgehead atoms. The third-order valence-electron chi connectivity index (χ3n) is 10.1. The molecule has 4 unspecified atom stereocenters. The number of carbonyl (C=O) groups is 3. The van der Waals surface area contributed by atoms with E-state index >= 15 is 0 Å². The van der Waals surface area contributed by atoms with Gasteiger partial charge in [-0.2, -0.15) is 0 Å². The summed E-state index contributed by atoms with van der Waals surface area (Å²) in [4.78, 5) is 60.7. The van der Waals surface area contributed by atoms with Crippen molar-refractivity contribution < 1.29 is 28.6 Å². The number of carbonyl (C=O) groups excluding carboxylic acids is 3. The van der Waals surface area contributed by atoms with Crippen LogP contribution in [0.5, 0.6) is 11.5 Å². The van der Waals surface area contributed by atoms with Gasteiger partial charge in [0.15, 0.2) is 6.61 Å². The molecule has 3 aromatic rings. The number of morpholine rings is 1. The zero-order chi connectivity index (χ0) is 31.0. The average molecular weight is 713 g/mol. The van der Waals surface area contributed by atoms with Gasteiger partial charge in [0, 0.05) is 39.2 Å². The maximum atomic E-state index is 14.1. The summed E-state index contributed by atoms with van der Waals surface area (Å²) in [6, 6.07) is 12.8. The number of hydrogen-bond acceptors (Lipinski definition) is 9. The number of amides is 3. The number of thiazole rings is 1. The molecule has 5 aliphatic rings. The van der Waals surface area contributed by atoms with Crippen molar-refractivity contribution in [3.63, 3.8) is 0 Å². The lowest BCUT2D eigenvalue weighted by Crippen LogP contribution is -2.43. The van der Waals surface area contributed by atoms with Gasteiger partial charge < -0.3 is 24.1 Å². The Hall–Kier alpha value is -3.13. The Morgan fingerprint density at radius 1 is 1.04 bits per heavy atom. The number of hydrogen-bond donors (Lipinski definition) is 1. The van der Waals surface area contributed by atoms with E-state index in [9.17, 15) is 19.2 Å². The number of methoxy groups -OCH3 is 1. The Morgan fingerprint density at radius 3 is 2.51 bits per heavy atom. The van der Waals surface area contributed by atoms with Crippen molar-refractivity contribution in [1.29, 1.82) is 0 Å². The molecule has 13 heteroatoms. The third-order valence-corrected chi connectivity index (χ3v) is 13.2. The van der Waals surface area contributed by atoms with Crippen LogP contribution in [0.3, 0.4) is 0 Å². The number of benzene rings is 2. The van der Waals surface area contributed by atoms with Crippen LogP contribution >= 0.6 is 39.0 Å². The summed E-state index contributed by atoms with van der Waals surface area (Å²) in [6.45, 7) is 1.97. The zero-order valence-electron chi connectivity index (χ0n) is 24.3. The Kier molecular flexibility index (Phi) is 7.34. The number of halogens is 1. The number of imide groups is 1. The number of thioether (sulfide) groups is 1. The van der Waals surface area contributed by atoms with Gasteiger partial charge in [-0.15, -0.1) is 11.8 Å². The molecule has 3 aliphatic heterocycles. The minimum Gasteiger partial charge on any atom is -0.497 e. The molecule has 2 aromatic carbocycles. The molecule has 4 heterocycles. The van der Waals surface area contributed by atoms with E-state index in [0.29, 0.717) is 43.5 Å². The van der Waals surface area contributed by atoms with Crippen LogP contribution < -0.4 is 19.2 Å². The molecule has 45 heavy (non-hydrogen) atoms. The predicted octanol–water partition coefficient (Wildman–Crippen LogP) is 4.12. The number of aromatic amines is 1. The Bertz CT molecular complexity index is 1750. The van der Waals surface area contributed by atoms with Gasteiger partial charge in [-0.1, -0.05) is 27.3 Å². The van der Waals surface area contributed by atoms with Gasteiger partial charge in [0.1, 0.15) is 11.5 Å². The van der Waals surface area contributed by atoms with Gasteiger partial charge in [0.05, 0.1) is 42.9 Å². The van der Waals surface area contributed by atoms with Crippen molar-refractivity contribution in [2.75, 3.05) is 44.9 Å². The average Bonchev–Trinajstić information content (AvgIpc) is 3.79. The van der Waals surface area contributed by atoms with E-state index in [-0.39, 0.29) is 58.1 Å². The van der Waals surface area contributed by atoms with Crippen molar-refractivity contribution >= 4 is 62.4 Å². The molecule has 0 spiro atoms. The molecule has 4 fully saturated rings. The number of H-pyrrole nitrogens is 1. The van der Waals surface area contributed by atoms with Crippen LogP contribution in [-0.2, 0) is 19.1 Å². The fourth-order valence-electron chi connectivity index (χ4n) is 8.29. The minimum atomic E-state index is -0.425. The van der Waals surface area contributed by atoms with Crippen LogP contribution in [-0.4, -0.2) is 72.9 Å². The summed E-state index contributed by atoms with van der Waals surface area (Å²) in [5, 5.41) is 0.854. The number of fused-ring (bicyclic) bond motifs is 9. The van der Waals surface area contributed by atoms with Crippen molar-refractivity contribution in [1.82, 2.24) is 9.88 Å². The summed E-state index contributed by atoms with van der Waals surface area (Å²) < 4.78 is 17.8. The van der Waals surface area contributed by atoms with Crippen molar-refractivity contribution in [2.45, 2.75) is 22.6 Å². The summed E-state index contributed by atoms with van der Waals surface area (Å²) in [5.74, 6) is -0.279. The molecule has 3 amide bonds. The lowest BCUT2D eigenvalue weighted by molar-refractivity contribution is -0.137. The van der Waals surface area contributed by atoms with Gasteiger partial charge in [-0.3, -0.25) is 24.1 Å². The van der Waals surface area contributed by atoms with Gasteiger partial charge in [0.2, 0.25) is 11.8 Å². The van der Waals surface area contributed by atoms with Gasteiger partial charge >= 0.3 is 4.87 Å². The molecule has 1 N–H and O–H groups in total. The minimum absolute atomic E-state index is 0.000591. The van der Waals surface area contributed by atoms with Crippen LogP contribution in [0.25, 0.3) is 0 Å². The Morgan fingerprint density at radius 2 is 1.78 bits per heavy atom. The van der Waals surface area contributed by atoms with E-state index in [1.165, 1.54) is 16.2 Å². The van der Waals surface area contributed by atoms with Crippen LogP contribution in [0.15, 0.2) is 56.8 Å². The number of nitrogens with zero attached hydrogens (tertiary/aromatic N) is 2. The Balaban J connectivity index is 1.15. The summed E-state index contributed by atoms with van der Waals surface area (Å²) in [7, 11) is 1.58. The van der Waals surface area contributed by atoms with Crippen LogP contribution in [0, 0.1) is 29.6 Å². The molecular weight excluding hydrogens is 682 g/mol. The molecule has 1 aromatic heterocycles. The number of rotatable bonds is 6. The standard InChI is InChI=1S/C32H30BrN3O7S2/c1-41-17-5-3-16(4-6-17)36-30(38)25-19-13-20(26(25)31(36)39)27-24(19)23(28-29(44-27)34-32(40)45-28)18-12-15(33)2-7-21(18)43-14-22(37)35-8-10-42-11-9-35/h2-7,12,19-20,23-27H,8-11,13-14H2,1H3,(H,34,40)/t19-,20-,23-,24?,25?,26?,27?/m1/s1. The number of aromatic nitrogens is 1. The highest BCUT2D eigenvalue weighted by Crippen LogP contribution is 2.69. The topological polar surface area (TPSA) is 118 Å². The van der Waals surface area contributed by atoms with E-state index in [0.717, 1.165) is 26.4 Å². The van der Waals surface area contributed by atoms with Crippen molar-refractivity contribution in [2.24, 2.45) is 29.6 Å². The summed E-state index contributed by atoms with van der Waals surface area (Å²) in [6.07, 6.45) is 0.779. The van der Waals surface area contributed by atoms with Crippen LogP contribution in [0.4, 0.5) is 5.69 Å². The SMILES string of the molecule is COc1ccc(N2C(=O)C3C(C2=O)[C@@H]2C[C@H]3C3Sc4[nH]c(=O)sc4[C@H](c4cc(Br)ccc4OCC(=O)N4CCOCC4)C32)cc1. The first-order valence-corrected chi connectivity index (χ1v) is 17.5. The molecule has 2 saturated carbocycles. The van der Waals surface area contributed by atoms with Crippen LogP contribution in [0.2, 0.25) is 0 Å². The number of anilines is 1. The fraction of sp³-hybridized carbons (Fsp3) is 0.438. The second-order valence-electron chi connectivity index (χ2n) is 12.1. The monoisotopic (exact) mass is 711 g/mol. The quantitative estimate of drug-likeness (QED) is 0.380. The molecule has 7 atom stereocenters. The molecule has 10 nitrogen and oxygen atoms in total. The maximum absolute atomic E-state index is 14.1.